The van der Waals surface area contributed by atoms with Crippen molar-refractivity contribution in [1.29, 1.82) is 0 Å². The van der Waals surface area contributed by atoms with Crippen LogP contribution in [0.2, 0.25) is 5.02 Å². The summed E-state index contributed by atoms with van der Waals surface area (Å²) >= 11 is 10.3. The molecule has 2 rings (SSSR count). The topological polar surface area (TPSA) is 31.4 Å². The molecule has 1 aromatic heterocycles. The van der Waals surface area contributed by atoms with E-state index in [0.29, 0.717) is 10.8 Å². The van der Waals surface area contributed by atoms with E-state index in [4.69, 9.17) is 20.9 Å². The van der Waals surface area contributed by atoms with Crippen molar-refractivity contribution < 1.29 is 9.31 Å². The fraction of sp³-hybridized carbons (Fsp3) is 0.500. The Labute approximate surface area is 131 Å². The number of hydrogen-bond donors (Lipinski definition) is 1. The lowest BCUT2D eigenvalue weighted by Gasteiger charge is -2.32. The second-order valence-corrected chi connectivity index (χ2v) is 6.62. The van der Waals surface area contributed by atoms with E-state index >= 15 is 0 Å². The average molecular weight is 312 g/mol. The molecule has 0 bridgehead atoms. The highest BCUT2D eigenvalue weighted by atomic mass is 35.5. The van der Waals surface area contributed by atoms with E-state index in [1.54, 1.807) is 18.3 Å². The lowest BCUT2D eigenvalue weighted by Crippen LogP contribution is -2.41. The first-order valence-corrected chi connectivity index (χ1v) is 7.55. The van der Waals surface area contributed by atoms with Crippen LogP contribution in [0.4, 0.5) is 0 Å². The van der Waals surface area contributed by atoms with Crippen LogP contribution < -0.4 is 0 Å². The van der Waals surface area contributed by atoms with Crippen molar-refractivity contribution >= 4 is 37.4 Å². The number of halogens is 1. The van der Waals surface area contributed by atoms with Gasteiger partial charge in [0.25, 0.3) is 0 Å². The van der Waals surface area contributed by atoms with Crippen molar-refractivity contribution in [2.24, 2.45) is 0 Å². The number of nitrogens with zero attached hydrogens (tertiary/aromatic N) is 1. The molecule has 1 fully saturated rings. The van der Waals surface area contributed by atoms with Gasteiger partial charge in [0.1, 0.15) is 0 Å². The second-order valence-electron chi connectivity index (χ2n) is 5.86. The van der Waals surface area contributed by atoms with E-state index in [0.717, 1.165) is 11.2 Å². The molecule has 0 radical (unpaired) electrons. The Bertz CT molecular complexity index is 518. The molecule has 20 heavy (non-hydrogen) atoms. The number of aromatic nitrogens is 1. The summed E-state index contributed by atoms with van der Waals surface area (Å²) in [6.45, 7) is 8.11. The fourth-order valence-corrected chi connectivity index (χ4v) is 2.28. The first kappa shape index (κ1) is 15.9. The lowest BCUT2D eigenvalue weighted by molar-refractivity contribution is 0.00578. The molecule has 6 heteroatoms. The Hall–Kier alpha value is -0.485. The molecule has 0 spiro atoms. The largest absolute Gasteiger partial charge is 0.491 e. The SMILES string of the molecule is CC1(C)OB(C(=Cc2cc(Cl)ccn2)CS)OC1(C)C. The quantitative estimate of drug-likeness (QED) is 0.682. The first-order valence-electron chi connectivity index (χ1n) is 6.54. The summed E-state index contributed by atoms with van der Waals surface area (Å²) in [4.78, 5) is 4.27. The van der Waals surface area contributed by atoms with Crippen LogP contribution in [0, 0.1) is 0 Å². The van der Waals surface area contributed by atoms with Gasteiger partial charge in [-0.25, -0.2) is 0 Å². The van der Waals surface area contributed by atoms with Gasteiger partial charge in [-0.15, -0.1) is 0 Å². The molecule has 3 nitrogen and oxygen atoms in total. The van der Waals surface area contributed by atoms with E-state index < -0.39 is 7.12 Å². The van der Waals surface area contributed by atoms with Gasteiger partial charge in [-0.2, -0.15) is 12.6 Å². The summed E-state index contributed by atoms with van der Waals surface area (Å²) in [5, 5.41) is 0.652. The van der Waals surface area contributed by atoms with Crippen molar-refractivity contribution in [2.45, 2.75) is 38.9 Å². The molecule has 0 amide bonds. The van der Waals surface area contributed by atoms with Crippen LogP contribution in [0.5, 0.6) is 0 Å². The van der Waals surface area contributed by atoms with E-state index in [1.807, 2.05) is 33.8 Å². The fourth-order valence-electron chi connectivity index (χ4n) is 1.87. The molecule has 0 unspecified atom stereocenters. The van der Waals surface area contributed by atoms with Gasteiger partial charge < -0.3 is 9.31 Å². The van der Waals surface area contributed by atoms with Crippen LogP contribution in [-0.4, -0.2) is 29.1 Å². The third-order valence-electron chi connectivity index (χ3n) is 3.81. The molecule has 0 aliphatic carbocycles. The monoisotopic (exact) mass is 311 g/mol. The Morgan fingerprint density at radius 2 is 1.95 bits per heavy atom. The van der Waals surface area contributed by atoms with Crippen LogP contribution in [0.15, 0.2) is 23.8 Å². The predicted octanol–water partition coefficient (Wildman–Crippen LogP) is 3.68. The highest BCUT2D eigenvalue weighted by molar-refractivity contribution is 7.80. The van der Waals surface area contributed by atoms with Gasteiger partial charge in [-0.05, 0) is 51.4 Å². The average Bonchev–Trinajstić information content (AvgIpc) is 2.55. The molecule has 0 atom stereocenters. The van der Waals surface area contributed by atoms with Crippen molar-refractivity contribution in [3.05, 3.63) is 34.5 Å². The summed E-state index contributed by atoms with van der Waals surface area (Å²) in [6, 6.07) is 3.55. The zero-order valence-corrected chi connectivity index (χ0v) is 13.8. The Kier molecular flexibility index (Phi) is 4.55. The summed E-state index contributed by atoms with van der Waals surface area (Å²) in [5.74, 6) is 0.533. The smallest absolute Gasteiger partial charge is 0.400 e. The summed E-state index contributed by atoms with van der Waals surface area (Å²) in [5.41, 5.74) is 0.987. The maximum atomic E-state index is 6.02. The molecule has 2 heterocycles. The zero-order valence-electron chi connectivity index (χ0n) is 12.2. The van der Waals surface area contributed by atoms with Crippen molar-refractivity contribution in [3.8, 4) is 0 Å². The van der Waals surface area contributed by atoms with Crippen molar-refractivity contribution in [1.82, 2.24) is 4.98 Å². The second kappa shape index (κ2) is 5.72. The minimum atomic E-state index is -0.404. The predicted molar refractivity (Wildman–Crippen MR) is 87.2 cm³/mol. The van der Waals surface area contributed by atoms with Gasteiger partial charge in [0.05, 0.1) is 16.9 Å². The Balaban J connectivity index is 2.26. The minimum absolute atomic E-state index is 0.360. The van der Waals surface area contributed by atoms with Crippen molar-refractivity contribution in [3.63, 3.8) is 0 Å². The molecular formula is C14H19BClNO2S. The molecule has 1 aromatic rings. The highest BCUT2D eigenvalue weighted by Crippen LogP contribution is 2.38. The van der Waals surface area contributed by atoms with E-state index in [-0.39, 0.29) is 11.2 Å². The molecule has 108 valence electrons. The number of thiol groups is 1. The van der Waals surface area contributed by atoms with E-state index in [1.165, 1.54) is 0 Å². The maximum absolute atomic E-state index is 6.02. The maximum Gasteiger partial charge on any atom is 0.491 e. The van der Waals surface area contributed by atoms with Gasteiger partial charge in [-0.1, -0.05) is 11.6 Å². The highest BCUT2D eigenvalue weighted by Gasteiger charge is 2.52. The van der Waals surface area contributed by atoms with Gasteiger partial charge in [0, 0.05) is 17.0 Å². The first-order chi connectivity index (χ1) is 9.25. The normalized spacial score (nSPS) is 21.3. The van der Waals surface area contributed by atoms with Gasteiger partial charge in [0.15, 0.2) is 0 Å². The molecular weight excluding hydrogens is 292 g/mol. The van der Waals surface area contributed by atoms with E-state index in [9.17, 15) is 0 Å². The Morgan fingerprint density at radius 3 is 2.45 bits per heavy atom. The standard InChI is InChI=1S/C14H19BClNO2S/c1-13(2)14(3,4)19-15(18-13)10(9-20)7-12-8-11(16)5-6-17-12/h5-8,20H,9H2,1-4H3. The van der Waals surface area contributed by atoms with Crippen LogP contribution in [0.25, 0.3) is 6.08 Å². The van der Waals surface area contributed by atoms with Gasteiger partial charge >= 0.3 is 7.12 Å². The van der Waals surface area contributed by atoms with Crippen LogP contribution in [0.1, 0.15) is 33.4 Å². The van der Waals surface area contributed by atoms with Crippen molar-refractivity contribution in [2.75, 3.05) is 5.75 Å². The minimum Gasteiger partial charge on any atom is -0.400 e. The summed E-state index contributed by atoms with van der Waals surface area (Å²) in [6.07, 6.45) is 3.59. The molecule has 0 saturated carbocycles. The lowest BCUT2D eigenvalue weighted by atomic mass is 9.78. The van der Waals surface area contributed by atoms with E-state index in [2.05, 4.69) is 17.6 Å². The van der Waals surface area contributed by atoms with Crippen LogP contribution in [-0.2, 0) is 9.31 Å². The summed E-state index contributed by atoms with van der Waals surface area (Å²) < 4.78 is 12.0. The van der Waals surface area contributed by atoms with Gasteiger partial charge in [-0.3, -0.25) is 4.98 Å². The molecule has 1 saturated heterocycles. The summed E-state index contributed by atoms with van der Waals surface area (Å²) in [7, 11) is -0.404. The van der Waals surface area contributed by atoms with Crippen LogP contribution >= 0.6 is 24.2 Å². The number of hydrogen-bond acceptors (Lipinski definition) is 4. The van der Waals surface area contributed by atoms with Gasteiger partial charge in [0.2, 0.25) is 0 Å². The molecule has 1 aliphatic heterocycles. The third-order valence-corrected chi connectivity index (χ3v) is 4.42. The molecule has 1 aliphatic rings. The number of pyridine rings is 1. The third kappa shape index (κ3) is 3.22. The molecule has 0 aromatic carbocycles. The zero-order chi connectivity index (χ0) is 15.0. The van der Waals surface area contributed by atoms with Crippen LogP contribution in [0.3, 0.4) is 0 Å². The Morgan fingerprint density at radius 1 is 1.35 bits per heavy atom. The molecule has 0 N–H and O–H groups in total. The number of rotatable bonds is 3.